The normalized spacial score (nSPS) is 28.1. The fraction of sp³-hybridized carbons (Fsp3) is 0.714. The van der Waals surface area contributed by atoms with Gasteiger partial charge >= 0.3 is 0 Å². The van der Waals surface area contributed by atoms with E-state index in [-0.39, 0.29) is 5.54 Å². The van der Waals surface area contributed by atoms with Crippen molar-refractivity contribution in [3.8, 4) is 0 Å². The third-order valence-electron chi connectivity index (χ3n) is 3.84. The summed E-state index contributed by atoms with van der Waals surface area (Å²) in [5, 5.41) is 3.58. The Labute approximate surface area is 109 Å². The Morgan fingerprint density at radius 2 is 2.22 bits per heavy atom. The summed E-state index contributed by atoms with van der Waals surface area (Å²) in [6, 6.07) is 2.00. The fourth-order valence-electron chi connectivity index (χ4n) is 3.06. The Balaban J connectivity index is 2.18. The van der Waals surface area contributed by atoms with Crippen LogP contribution in [0, 0.1) is 19.8 Å². The topological polar surface area (TPSA) is 63.8 Å². The molecule has 1 heterocycles. The highest BCUT2D eigenvalue weighted by molar-refractivity contribution is 5.39. The molecule has 1 aromatic rings. The molecule has 1 aliphatic carbocycles. The number of nitrogens with one attached hydrogen (secondary N) is 1. The van der Waals surface area contributed by atoms with Gasteiger partial charge in [-0.25, -0.2) is 9.97 Å². The molecule has 18 heavy (non-hydrogen) atoms. The van der Waals surface area contributed by atoms with E-state index in [4.69, 9.17) is 5.73 Å². The van der Waals surface area contributed by atoms with Crippen LogP contribution in [-0.4, -0.2) is 22.1 Å². The molecule has 0 aromatic carbocycles. The maximum Gasteiger partial charge on any atom is 0.130 e. The van der Waals surface area contributed by atoms with Crippen LogP contribution in [0.15, 0.2) is 6.07 Å². The summed E-state index contributed by atoms with van der Waals surface area (Å²) in [5.41, 5.74) is 7.04. The van der Waals surface area contributed by atoms with Crippen LogP contribution in [0.4, 0.5) is 5.82 Å². The van der Waals surface area contributed by atoms with Crippen molar-refractivity contribution in [1.82, 2.24) is 9.97 Å². The predicted molar refractivity (Wildman–Crippen MR) is 74.5 cm³/mol. The van der Waals surface area contributed by atoms with Crippen molar-refractivity contribution in [3.63, 3.8) is 0 Å². The molecule has 100 valence electrons. The minimum absolute atomic E-state index is 0.0188. The number of aromatic nitrogens is 2. The molecule has 0 saturated heterocycles. The highest BCUT2D eigenvalue weighted by Crippen LogP contribution is 2.34. The van der Waals surface area contributed by atoms with Gasteiger partial charge in [0.15, 0.2) is 0 Å². The van der Waals surface area contributed by atoms with Gasteiger partial charge in [-0.05, 0) is 32.6 Å². The summed E-state index contributed by atoms with van der Waals surface area (Å²) in [6.07, 6.45) is 4.82. The van der Waals surface area contributed by atoms with Gasteiger partial charge in [0.25, 0.3) is 0 Å². The van der Waals surface area contributed by atoms with E-state index < -0.39 is 0 Å². The zero-order valence-corrected chi connectivity index (χ0v) is 11.7. The van der Waals surface area contributed by atoms with Crippen LogP contribution in [0.5, 0.6) is 0 Å². The number of nitrogens with two attached hydrogens (primary N) is 1. The fourth-order valence-corrected chi connectivity index (χ4v) is 3.06. The molecule has 4 nitrogen and oxygen atoms in total. The number of aryl methyl sites for hydroxylation is 2. The van der Waals surface area contributed by atoms with Crippen molar-refractivity contribution in [2.24, 2.45) is 11.7 Å². The maximum absolute atomic E-state index is 6.02. The molecule has 2 atom stereocenters. The number of hydrogen-bond acceptors (Lipinski definition) is 4. The third kappa shape index (κ3) is 2.99. The minimum Gasteiger partial charge on any atom is -0.363 e. The summed E-state index contributed by atoms with van der Waals surface area (Å²) in [7, 11) is 0. The third-order valence-corrected chi connectivity index (χ3v) is 3.84. The van der Waals surface area contributed by atoms with E-state index in [1.807, 2.05) is 19.9 Å². The molecule has 0 bridgehead atoms. The number of anilines is 1. The Morgan fingerprint density at radius 3 is 2.83 bits per heavy atom. The summed E-state index contributed by atoms with van der Waals surface area (Å²) in [6.45, 7) is 6.90. The largest absolute Gasteiger partial charge is 0.363 e. The van der Waals surface area contributed by atoms with Crippen molar-refractivity contribution in [2.45, 2.75) is 52.0 Å². The van der Waals surface area contributed by atoms with Gasteiger partial charge in [-0.1, -0.05) is 19.8 Å². The van der Waals surface area contributed by atoms with Gasteiger partial charge < -0.3 is 11.1 Å². The highest BCUT2D eigenvalue weighted by atomic mass is 15.1. The molecule has 0 spiro atoms. The number of rotatable bonds is 3. The molecule has 1 fully saturated rings. The average Bonchev–Trinajstić information content (AvgIpc) is 2.27. The zero-order chi connectivity index (χ0) is 13.2. The van der Waals surface area contributed by atoms with Gasteiger partial charge in [0.2, 0.25) is 0 Å². The summed E-state index contributed by atoms with van der Waals surface area (Å²) < 4.78 is 0. The second-order valence-corrected chi connectivity index (χ2v) is 5.75. The monoisotopic (exact) mass is 248 g/mol. The Kier molecular flexibility index (Phi) is 3.85. The Morgan fingerprint density at radius 1 is 1.44 bits per heavy atom. The average molecular weight is 248 g/mol. The first-order valence-corrected chi connectivity index (χ1v) is 6.83. The molecule has 0 amide bonds. The van der Waals surface area contributed by atoms with Crippen LogP contribution in [0.1, 0.15) is 44.1 Å². The van der Waals surface area contributed by atoms with Crippen molar-refractivity contribution in [2.75, 3.05) is 11.9 Å². The first-order valence-electron chi connectivity index (χ1n) is 6.83. The Bertz CT molecular complexity index is 398. The van der Waals surface area contributed by atoms with Crippen LogP contribution in [-0.2, 0) is 0 Å². The minimum atomic E-state index is 0.0188. The molecule has 1 aliphatic rings. The molecule has 2 unspecified atom stereocenters. The summed E-state index contributed by atoms with van der Waals surface area (Å²) >= 11 is 0. The van der Waals surface area contributed by atoms with E-state index in [0.717, 1.165) is 36.1 Å². The van der Waals surface area contributed by atoms with Crippen molar-refractivity contribution in [1.29, 1.82) is 0 Å². The van der Waals surface area contributed by atoms with E-state index in [1.54, 1.807) is 0 Å². The Hall–Kier alpha value is -1.16. The molecule has 1 aromatic heterocycles. The lowest BCUT2D eigenvalue weighted by molar-refractivity contribution is 0.263. The second kappa shape index (κ2) is 5.22. The molecular weight excluding hydrogens is 224 g/mol. The van der Waals surface area contributed by atoms with Gasteiger partial charge in [-0.15, -0.1) is 0 Å². The lowest BCUT2D eigenvalue weighted by Crippen LogP contribution is -2.49. The zero-order valence-electron chi connectivity index (χ0n) is 11.7. The lowest BCUT2D eigenvalue weighted by atomic mass is 9.76. The van der Waals surface area contributed by atoms with E-state index >= 15 is 0 Å². The standard InChI is InChI=1S/C14H24N4/c1-10-5-4-6-14(8-10,9-15)18-13-7-11(2)16-12(3)17-13/h7,10H,4-6,8-9,15H2,1-3H3,(H,16,17,18). The lowest BCUT2D eigenvalue weighted by Gasteiger charge is -2.40. The molecule has 1 saturated carbocycles. The molecular formula is C14H24N4. The summed E-state index contributed by atoms with van der Waals surface area (Å²) in [4.78, 5) is 8.78. The van der Waals surface area contributed by atoms with Gasteiger partial charge in [0, 0.05) is 18.3 Å². The predicted octanol–water partition coefficient (Wildman–Crippen LogP) is 2.41. The number of nitrogens with zero attached hydrogens (tertiary/aromatic N) is 2. The van der Waals surface area contributed by atoms with E-state index in [0.29, 0.717) is 6.54 Å². The van der Waals surface area contributed by atoms with E-state index in [2.05, 4.69) is 22.2 Å². The van der Waals surface area contributed by atoms with Crippen LogP contribution in [0.25, 0.3) is 0 Å². The first-order chi connectivity index (χ1) is 8.53. The smallest absolute Gasteiger partial charge is 0.130 e. The van der Waals surface area contributed by atoms with Crippen LogP contribution >= 0.6 is 0 Å². The maximum atomic E-state index is 6.02. The van der Waals surface area contributed by atoms with Gasteiger partial charge in [-0.3, -0.25) is 0 Å². The van der Waals surface area contributed by atoms with Crippen molar-refractivity contribution in [3.05, 3.63) is 17.6 Å². The van der Waals surface area contributed by atoms with Gasteiger partial charge in [0.05, 0.1) is 5.54 Å². The molecule has 2 rings (SSSR count). The quantitative estimate of drug-likeness (QED) is 0.862. The van der Waals surface area contributed by atoms with Crippen molar-refractivity contribution < 1.29 is 0 Å². The molecule has 0 aliphatic heterocycles. The molecule has 4 heteroatoms. The SMILES string of the molecule is Cc1cc(NC2(CN)CCCC(C)C2)nc(C)n1. The molecule has 3 N–H and O–H groups in total. The molecule has 0 radical (unpaired) electrons. The second-order valence-electron chi connectivity index (χ2n) is 5.75. The van der Waals surface area contributed by atoms with Crippen molar-refractivity contribution >= 4 is 5.82 Å². The van der Waals surface area contributed by atoms with Crippen LogP contribution in [0.3, 0.4) is 0 Å². The van der Waals surface area contributed by atoms with E-state index in [9.17, 15) is 0 Å². The number of hydrogen-bond donors (Lipinski definition) is 2. The van der Waals surface area contributed by atoms with E-state index in [1.165, 1.54) is 12.8 Å². The highest BCUT2D eigenvalue weighted by Gasteiger charge is 2.33. The van der Waals surface area contributed by atoms with Crippen LogP contribution in [0.2, 0.25) is 0 Å². The van der Waals surface area contributed by atoms with Gasteiger partial charge in [0.1, 0.15) is 11.6 Å². The van der Waals surface area contributed by atoms with Crippen LogP contribution < -0.4 is 11.1 Å². The van der Waals surface area contributed by atoms with Gasteiger partial charge in [-0.2, -0.15) is 0 Å². The summed E-state index contributed by atoms with van der Waals surface area (Å²) in [5.74, 6) is 2.46. The first kappa shape index (κ1) is 13.3.